The molecule has 0 bridgehead atoms. The van der Waals surface area contributed by atoms with Crippen molar-refractivity contribution in [1.82, 2.24) is 20.1 Å². The van der Waals surface area contributed by atoms with Crippen molar-refractivity contribution in [3.63, 3.8) is 0 Å². The molecule has 2 heterocycles. The lowest BCUT2D eigenvalue weighted by molar-refractivity contribution is 0.0907. The second-order valence-electron chi connectivity index (χ2n) is 9.09. The maximum Gasteiger partial charge on any atom is 0.251 e. The molecule has 31 heavy (non-hydrogen) atoms. The molecule has 0 radical (unpaired) electrons. The number of hydrogen-bond donors (Lipinski definition) is 2. The van der Waals surface area contributed by atoms with E-state index in [2.05, 4.69) is 63.5 Å². The number of nitrogens with one attached hydrogen (secondary N) is 2. The van der Waals surface area contributed by atoms with Crippen LogP contribution in [0.1, 0.15) is 46.1 Å². The van der Waals surface area contributed by atoms with Gasteiger partial charge in [0.25, 0.3) is 5.91 Å². The Morgan fingerprint density at radius 2 is 1.81 bits per heavy atom. The summed E-state index contributed by atoms with van der Waals surface area (Å²) in [4.78, 5) is 21.7. The van der Waals surface area contributed by atoms with Crippen molar-refractivity contribution >= 4 is 16.8 Å². The minimum atomic E-state index is -0.0204. The summed E-state index contributed by atoms with van der Waals surface area (Å²) >= 11 is 0. The highest BCUT2D eigenvalue weighted by Crippen LogP contribution is 2.30. The highest BCUT2D eigenvalue weighted by Gasteiger charge is 2.22. The van der Waals surface area contributed by atoms with Crippen molar-refractivity contribution in [2.75, 3.05) is 39.8 Å². The van der Waals surface area contributed by atoms with Crippen molar-refractivity contribution in [2.24, 2.45) is 0 Å². The van der Waals surface area contributed by atoms with Gasteiger partial charge in [-0.25, -0.2) is 0 Å². The molecule has 1 amide bonds. The molecule has 0 spiro atoms. The molecule has 1 aliphatic heterocycles. The standard InChI is InChI=1S/C26H32N4O/c1-29-13-15-30(16-14-29)18-25(19-7-3-2-4-8-19)28-26(31)20-11-12-24-22(17-20)21-9-5-6-10-23(21)27-24/h2-4,7-8,11-12,17,25,27H,5-6,9-10,13-16,18H2,1H3,(H,28,31). The molecule has 162 valence electrons. The number of hydrogen-bond acceptors (Lipinski definition) is 3. The quantitative estimate of drug-likeness (QED) is 0.666. The number of nitrogens with zero attached hydrogens (tertiary/aromatic N) is 2. The van der Waals surface area contributed by atoms with Crippen LogP contribution in [0.4, 0.5) is 0 Å². The molecule has 1 saturated heterocycles. The Kier molecular flexibility index (Phi) is 5.79. The van der Waals surface area contributed by atoms with Crippen molar-refractivity contribution in [1.29, 1.82) is 0 Å². The van der Waals surface area contributed by atoms with Crippen LogP contribution in [0.25, 0.3) is 10.9 Å². The fourth-order valence-electron chi connectivity index (χ4n) is 5.00. The van der Waals surface area contributed by atoms with Crippen molar-refractivity contribution in [3.05, 3.63) is 70.9 Å². The Hall–Kier alpha value is -2.63. The first-order chi connectivity index (χ1) is 15.2. The number of likely N-dealkylation sites (N-methyl/N-ethyl adjacent to an activating group) is 1. The monoisotopic (exact) mass is 416 g/mol. The molecule has 3 aromatic rings. The molecule has 1 fully saturated rings. The largest absolute Gasteiger partial charge is 0.358 e. The summed E-state index contributed by atoms with van der Waals surface area (Å²) in [5.41, 5.74) is 5.83. The third-order valence-electron chi connectivity index (χ3n) is 6.90. The van der Waals surface area contributed by atoms with Gasteiger partial charge in [0.15, 0.2) is 0 Å². The Morgan fingerprint density at radius 1 is 1.03 bits per heavy atom. The molecule has 1 unspecified atom stereocenters. The zero-order chi connectivity index (χ0) is 21.2. The van der Waals surface area contributed by atoms with Crippen LogP contribution in [0.15, 0.2) is 48.5 Å². The maximum atomic E-state index is 13.3. The smallest absolute Gasteiger partial charge is 0.251 e. The van der Waals surface area contributed by atoms with Crippen LogP contribution >= 0.6 is 0 Å². The first-order valence-corrected chi connectivity index (χ1v) is 11.6. The number of fused-ring (bicyclic) bond motifs is 3. The minimum absolute atomic E-state index is 0.00985. The predicted octanol–water partition coefficient (Wildman–Crippen LogP) is 3.77. The molecule has 0 saturated carbocycles. The van der Waals surface area contributed by atoms with Gasteiger partial charge >= 0.3 is 0 Å². The third-order valence-corrected chi connectivity index (χ3v) is 6.90. The van der Waals surface area contributed by atoms with Crippen molar-refractivity contribution in [3.8, 4) is 0 Å². The summed E-state index contributed by atoms with van der Waals surface area (Å²) < 4.78 is 0. The molecular formula is C26H32N4O. The Balaban J connectivity index is 1.37. The molecular weight excluding hydrogens is 384 g/mol. The number of carbonyl (C=O) groups is 1. The fourth-order valence-corrected chi connectivity index (χ4v) is 5.00. The van der Waals surface area contributed by atoms with Gasteiger partial charge in [0.05, 0.1) is 6.04 Å². The molecule has 5 nitrogen and oxygen atoms in total. The average molecular weight is 417 g/mol. The molecule has 2 N–H and O–H groups in total. The van der Waals surface area contributed by atoms with Gasteiger partial charge in [-0.3, -0.25) is 9.69 Å². The van der Waals surface area contributed by atoms with E-state index >= 15 is 0 Å². The Labute approximate surface area is 184 Å². The summed E-state index contributed by atoms with van der Waals surface area (Å²) in [5, 5.41) is 4.56. The number of carbonyl (C=O) groups excluding carboxylic acids is 1. The van der Waals surface area contributed by atoms with Gasteiger partial charge in [-0.1, -0.05) is 30.3 Å². The lowest BCUT2D eigenvalue weighted by Crippen LogP contribution is -2.47. The zero-order valence-electron chi connectivity index (χ0n) is 18.4. The minimum Gasteiger partial charge on any atom is -0.358 e. The molecule has 5 heteroatoms. The number of rotatable bonds is 5. The zero-order valence-corrected chi connectivity index (χ0v) is 18.4. The topological polar surface area (TPSA) is 51.4 Å². The summed E-state index contributed by atoms with van der Waals surface area (Å²) in [5.74, 6) is 0.00985. The van der Waals surface area contributed by atoms with Crippen LogP contribution in [0.5, 0.6) is 0 Å². The van der Waals surface area contributed by atoms with Gasteiger partial charge in [-0.05, 0) is 62.1 Å². The predicted molar refractivity (Wildman–Crippen MR) is 126 cm³/mol. The second-order valence-corrected chi connectivity index (χ2v) is 9.09. The summed E-state index contributed by atoms with van der Waals surface area (Å²) in [6, 6.07) is 16.5. The molecule has 2 aliphatic rings. The van der Waals surface area contributed by atoms with Crippen LogP contribution in [0.2, 0.25) is 0 Å². The van der Waals surface area contributed by atoms with Crippen LogP contribution in [-0.2, 0) is 12.8 Å². The summed E-state index contributed by atoms with van der Waals surface area (Å²) in [6.45, 7) is 5.06. The first-order valence-electron chi connectivity index (χ1n) is 11.6. The number of piperazine rings is 1. The lowest BCUT2D eigenvalue weighted by atomic mass is 9.95. The first kappa shape index (κ1) is 20.3. The number of benzene rings is 2. The summed E-state index contributed by atoms with van der Waals surface area (Å²) in [7, 11) is 2.17. The number of aryl methyl sites for hydroxylation is 2. The highest BCUT2D eigenvalue weighted by molar-refractivity contribution is 5.99. The van der Waals surface area contributed by atoms with E-state index in [1.54, 1.807) is 0 Å². The molecule has 1 aliphatic carbocycles. The van der Waals surface area contributed by atoms with E-state index in [-0.39, 0.29) is 11.9 Å². The molecule has 5 rings (SSSR count). The van der Waals surface area contributed by atoms with Gasteiger partial charge in [0.1, 0.15) is 0 Å². The number of H-pyrrole nitrogens is 1. The Bertz CT molecular complexity index is 1050. The normalized spacial score (nSPS) is 18.6. The second kappa shape index (κ2) is 8.85. The Morgan fingerprint density at radius 3 is 2.61 bits per heavy atom. The maximum absolute atomic E-state index is 13.3. The number of aromatic nitrogens is 1. The average Bonchev–Trinajstić information content (AvgIpc) is 3.18. The van der Waals surface area contributed by atoms with Gasteiger partial charge in [0, 0.05) is 54.9 Å². The highest BCUT2D eigenvalue weighted by atomic mass is 16.1. The van der Waals surface area contributed by atoms with E-state index in [4.69, 9.17) is 0 Å². The molecule has 1 atom stereocenters. The number of aromatic amines is 1. The van der Waals surface area contributed by atoms with Gasteiger partial charge in [-0.15, -0.1) is 0 Å². The van der Waals surface area contributed by atoms with E-state index in [1.165, 1.54) is 29.5 Å². The van der Waals surface area contributed by atoms with Crippen LogP contribution < -0.4 is 5.32 Å². The molecule has 2 aromatic carbocycles. The van der Waals surface area contributed by atoms with E-state index in [0.29, 0.717) is 0 Å². The SMILES string of the molecule is CN1CCN(CC(NC(=O)c2ccc3[nH]c4c(c3c2)CCCC4)c2ccccc2)CC1. The van der Waals surface area contributed by atoms with E-state index in [9.17, 15) is 4.79 Å². The van der Waals surface area contributed by atoms with Crippen molar-refractivity contribution < 1.29 is 4.79 Å². The van der Waals surface area contributed by atoms with Crippen molar-refractivity contribution in [2.45, 2.75) is 31.7 Å². The van der Waals surface area contributed by atoms with E-state index in [1.807, 2.05) is 12.1 Å². The summed E-state index contributed by atoms with van der Waals surface area (Å²) in [6.07, 6.45) is 4.71. The van der Waals surface area contributed by atoms with Gasteiger partial charge in [0.2, 0.25) is 0 Å². The number of amides is 1. The van der Waals surface area contributed by atoms with E-state index in [0.717, 1.165) is 62.2 Å². The van der Waals surface area contributed by atoms with Crippen LogP contribution in [0, 0.1) is 0 Å². The van der Waals surface area contributed by atoms with Gasteiger partial charge in [-0.2, -0.15) is 0 Å². The van der Waals surface area contributed by atoms with Crippen LogP contribution in [0.3, 0.4) is 0 Å². The molecule has 1 aromatic heterocycles. The fraction of sp³-hybridized carbons (Fsp3) is 0.423. The third kappa shape index (κ3) is 4.39. The van der Waals surface area contributed by atoms with Gasteiger partial charge < -0.3 is 15.2 Å². The van der Waals surface area contributed by atoms with E-state index < -0.39 is 0 Å². The lowest BCUT2D eigenvalue weighted by Gasteiger charge is -2.35. The van der Waals surface area contributed by atoms with Crippen LogP contribution in [-0.4, -0.2) is 60.5 Å².